The number of hydrogen-bond donors (Lipinski definition) is 1. The molecule has 20 heavy (non-hydrogen) atoms. The molecule has 1 unspecified atom stereocenters. The van der Waals surface area contributed by atoms with Gasteiger partial charge < -0.3 is 10.1 Å². The van der Waals surface area contributed by atoms with Gasteiger partial charge in [-0.3, -0.25) is 0 Å². The first kappa shape index (κ1) is 13.9. The van der Waals surface area contributed by atoms with Gasteiger partial charge in [-0.05, 0) is 42.4 Å². The minimum atomic E-state index is 0.386. The molecule has 1 N–H and O–H groups in total. The van der Waals surface area contributed by atoms with Gasteiger partial charge in [0.25, 0.3) is 0 Å². The number of hydrogen-bond acceptors (Lipinski definition) is 5. The number of ether oxygens (including phenoxy) is 1. The van der Waals surface area contributed by atoms with Crippen molar-refractivity contribution in [2.24, 2.45) is 0 Å². The molecule has 0 bridgehead atoms. The third-order valence-electron chi connectivity index (χ3n) is 3.50. The van der Waals surface area contributed by atoms with Crippen molar-refractivity contribution in [3.63, 3.8) is 0 Å². The van der Waals surface area contributed by atoms with Gasteiger partial charge in [-0.25, -0.2) is 4.98 Å². The van der Waals surface area contributed by atoms with Gasteiger partial charge in [0.15, 0.2) is 0 Å². The fraction of sp³-hybridized carbons (Fsp3) is 0.400. The fourth-order valence-electron chi connectivity index (χ4n) is 2.45. The summed E-state index contributed by atoms with van der Waals surface area (Å²) in [5.74, 6) is 2.13. The van der Waals surface area contributed by atoms with E-state index in [9.17, 15) is 0 Å². The number of aromatic nitrogens is 1. The van der Waals surface area contributed by atoms with E-state index in [4.69, 9.17) is 4.74 Å². The number of nitrogens with one attached hydrogen (secondary N) is 1. The second kappa shape index (κ2) is 6.61. The Hall–Kier alpha value is -1.04. The van der Waals surface area contributed by atoms with Crippen molar-refractivity contribution >= 4 is 23.1 Å². The lowest BCUT2D eigenvalue weighted by Gasteiger charge is -2.19. The van der Waals surface area contributed by atoms with Crippen LogP contribution in [0.3, 0.4) is 0 Å². The maximum absolute atomic E-state index is 5.37. The molecule has 0 amide bonds. The minimum Gasteiger partial charge on any atom is -0.497 e. The van der Waals surface area contributed by atoms with E-state index in [1.165, 1.54) is 22.6 Å². The Morgan fingerprint density at radius 1 is 1.45 bits per heavy atom. The summed E-state index contributed by atoms with van der Waals surface area (Å²) in [5.41, 5.74) is 4.37. The van der Waals surface area contributed by atoms with Crippen LogP contribution in [0.15, 0.2) is 34.0 Å². The van der Waals surface area contributed by atoms with Crippen LogP contribution in [0.2, 0.25) is 0 Å². The fourth-order valence-corrected chi connectivity index (χ4v) is 4.07. The summed E-state index contributed by atoms with van der Waals surface area (Å²) >= 11 is 3.59. The standard InChI is InChI=1S/C15H18N2OS2/c1-18-12-4-5-15-13(7-12)14(3-2-6-20-15)16-8-11-9-19-10-17-11/h4-5,7,9-10,14,16H,2-3,6,8H2,1H3. The molecule has 5 heteroatoms. The molecule has 1 aromatic heterocycles. The molecular weight excluding hydrogens is 288 g/mol. The zero-order valence-electron chi connectivity index (χ0n) is 11.5. The molecule has 0 spiro atoms. The predicted octanol–water partition coefficient (Wildman–Crippen LogP) is 3.87. The predicted molar refractivity (Wildman–Crippen MR) is 84.6 cm³/mol. The Balaban J connectivity index is 1.80. The quantitative estimate of drug-likeness (QED) is 0.930. The van der Waals surface area contributed by atoms with Crippen molar-refractivity contribution in [3.8, 4) is 5.75 Å². The molecule has 3 nitrogen and oxygen atoms in total. The summed E-state index contributed by atoms with van der Waals surface area (Å²) in [6.45, 7) is 0.829. The molecule has 106 valence electrons. The highest BCUT2D eigenvalue weighted by Gasteiger charge is 2.19. The molecule has 0 saturated heterocycles. The highest BCUT2D eigenvalue weighted by atomic mass is 32.2. The van der Waals surface area contributed by atoms with Crippen molar-refractivity contribution in [3.05, 3.63) is 40.3 Å². The van der Waals surface area contributed by atoms with Crippen LogP contribution in [0, 0.1) is 0 Å². The van der Waals surface area contributed by atoms with Gasteiger partial charge in [0.1, 0.15) is 5.75 Å². The van der Waals surface area contributed by atoms with Gasteiger partial charge in [0.05, 0.1) is 18.3 Å². The Labute approximate surface area is 127 Å². The van der Waals surface area contributed by atoms with E-state index >= 15 is 0 Å². The number of methoxy groups -OCH3 is 1. The van der Waals surface area contributed by atoms with Crippen LogP contribution in [0.4, 0.5) is 0 Å². The first-order valence-corrected chi connectivity index (χ1v) is 8.71. The lowest BCUT2D eigenvalue weighted by molar-refractivity contribution is 0.411. The summed E-state index contributed by atoms with van der Waals surface area (Å²) in [5, 5.41) is 5.75. The van der Waals surface area contributed by atoms with Gasteiger partial charge in [-0.1, -0.05) is 0 Å². The molecule has 0 saturated carbocycles. The third-order valence-corrected chi connectivity index (χ3v) is 5.31. The monoisotopic (exact) mass is 306 g/mol. The van der Waals surface area contributed by atoms with E-state index in [0.717, 1.165) is 24.4 Å². The number of fused-ring (bicyclic) bond motifs is 1. The van der Waals surface area contributed by atoms with E-state index in [-0.39, 0.29) is 0 Å². The zero-order valence-corrected chi connectivity index (χ0v) is 13.1. The molecule has 1 aliphatic rings. The first-order chi connectivity index (χ1) is 9.86. The van der Waals surface area contributed by atoms with Crippen molar-refractivity contribution < 1.29 is 4.74 Å². The summed E-state index contributed by atoms with van der Waals surface area (Å²) in [6, 6.07) is 6.79. The third kappa shape index (κ3) is 3.16. The molecule has 0 fully saturated rings. The summed E-state index contributed by atoms with van der Waals surface area (Å²) in [7, 11) is 1.73. The average Bonchev–Trinajstić information content (AvgIpc) is 2.92. The summed E-state index contributed by atoms with van der Waals surface area (Å²) in [4.78, 5) is 5.71. The number of rotatable bonds is 4. The van der Waals surface area contributed by atoms with Gasteiger partial charge in [0.2, 0.25) is 0 Å². The molecule has 2 heterocycles. The van der Waals surface area contributed by atoms with Crippen LogP contribution in [-0.4, -0.2) is 17.8 Å². The van der Waals surface area contributed by atoms with Crippen LogP contribution in [-0.2, 0) is 6.54 Å². The van der Waals surface area contributed by atoms with Crippen LogP contribution >= 0.6 is 23.1 Å². The molecule has 2 aromatic rings. The Kier molecular flexibility index (Phi) is 4.60. The van der Waals surface area contributed by atoms with Crippen LogP contribution in [0.1, 0.15) is 30.1 Å². The second-order valence-electron chi connectivity index (χ2n) is 4.81. The molecule has 1 aliphatic heterocycles. The van der Waals surface area contributed by atoms with E-state index in [1.807, 2.05) is 17.3 Å². The lowest BCUT2D eigenvalue weighted by Crippen LogP contribution is -2.21. The van der Waals surface area contributed by atoms with Crippen molar-refractivity contribution in [2.75, 3.05) is 12.9 Å². The Bertz CT molecular complexity index is 557. The summed E-state index contributed by atoms with van der Waals surface area (Å²) in [6.07, 6.45) is 2.40. The van der Waals surface area contributed by atoms with Crippen LogP contribution in [0.5, 0.6) is 5.75 Å². The summed E-state index contributed by atoms with van der Waals surface area (Å²) < 4.78 is 5.37. The highest BCUT2D eigenvalue weighted by Crippen LogP contribution is 2.36. The van der Waals surface area contributed by atoms with Gasteiger partial charge >= 0.3 is 0 Å². The molecular formula is C15H18N2OS2. The minimum absolute atomic E-state index is 0.386. The maximum atomic E-state index is 5.37. The number of thioether (sulfide) groups is 1. The molecule has 0 aliphatic carbocycles. The Morgan fingerprint density at radius 3 is 3.20 bits per heavy atom. The van der Waals surface area contributed by atoms with E-state index < -0.39 is 0 Å². The van der Waals surface area contributed by atoms with Gasteiger partial charge in [-0.15, -0.1) is 23.1 Å². The van der Waals surface area contributed by atoms with E-state index in [2.05, 4.69) is 33.9 Å². The topological polar surface area (TPSA) is 34.1 Å². The Morgan fingerprint density at radius 2 is 2.40 bits per heavy atom. The number of thiazole rings is 1. The molecule has 3 rings (SSSR count). The van der Waals surface area contributed by atoms with Gasteiger partial charge in [-0.2, -0.15) is 0 Å². The normalized spacial score (nSPS) is 18.4. The van der Waals surface area contributed by atoms with E-state index in [1.54, 1.807) is 18.4 Å². The largest absolute Gasteiger partial charge is 0.497 e. The smallest absolute Gasteiger partial charge is 0.119 e. The maximum Gasteiger partial charge on any atom is 0.119 e. The average molecular weight is 306 g/mol. The van der Waals surface area contributed by atoms with Crippen molar-refractivity contribution in [2.45, 2.75) is 30.3 Å². The lowest BCUT2D eigenvalue weighted by atomic mass is 10.0. The zero-order chi connectivity index (χ0) is 13.8. The SMILES string of the molecule is COc1ccc2c(c1)C(NCc1cscn1)CCCS2. The van der Waals surface area contributed by atoms with Crippen molar-refractivity contribution in [1.29, 1.82) is 0 Å². The highest BCUT2D eigenvalue weighted by molar-refractivity contribution is 7.99. The molecule has 1 atom stereocenters. The first-order valence-electron chi connectivity index (χ1n) is 6.78. The van der Waals surface area contributed by atoms with Crippen LogP contribution in [0.25, 0.3) is 0 Å². The van der Waals surface area contributed by atoms with E-state index in [0.29, 0.717) is 6.04 Å². The second-order valence-corrected chi connectivity index (χ2v) is 6.66. The molecule has 1 aromatic carbocycles. The number of benzene rings is 1. The molecule has 0 radical (unpaired) electrons. The number of nitrogens with zero attached hydrogens (tertiary/aromatic N) is 1. The van der Waals surface area contributed by atoms with Gasteiger partial charge in [0, 0.05) is 22.9 Å². The van der Waals surface area contributed by atoms with Crippen LogP contribution < -0.4 is 10.1 Å². The van der Waals surface area contributed by atoms with Crippen molar-refractivity contribution in [1.82, 2.24) is 10.3 Å².